The molecule has 0 spiro atoms. The maximum Gasteiger partial charge on any atom is 0.244 e. The molecule has 0 aliphatic carbocycles. The Kier molecular flexibility index (Phi) is 4.56. The molecule has 6 heteroatoms. The summed E-state index contributed by atoms with van der Waals surface area (Å²) in [6.45, 7) is 0.0429. The van der Waals surface area contributed by atoms with Crippen molar-refractivity contribution in [2.24, 2.45) is 0 Å². The maximum atomic E-state index is 12.1. The van der Waals surface area contributed by atoms with E-state index >= 15 is 0 Å². The fourth-order valence-corrected chi connectivity index (χ4v) is 3.60. The predicted octanol–water partition coefficient (Wildman–Crippen LogP) is 2.47. The predicted molar refractivity (Wildman–Crippen MR) is 70.5 cm³/mol. The average Bonchev–Trinajstić information content (AvgIpc) is 2.22. The summed E-state index contributed by atoms with van der Waals surface area (Å²) in [7, 11) is -2.09. The highest BCUT2D eigenvalue weighted by molar-refractivity contribution is 9.11. The quantitative estimate of drug-likeness (QED) is 0.770. The number of sulfonamides is 1. The summed E-state index contributed by atoms with van der Waals surface area (Å²) in [6.07, 6.45) is 5.10. The van der Waals surface area contributed by atoms with Crippen LogP contribution in [0.15, 0.2) is 32.0 Å². The third-order valence-electron chi connectivity index (χ3n) is 1.90. The lowest BCUT2D eigenvalue weighted by atomic mass is 10.4. The first kappa shape index (κ1) is 13.7. The van der Waals surface area contributed by atoms with Gasteiger partial charge in [0.05, 0.1) is 11.4 Å². The van der Waals surface area contributed by atoms with Crippen molar-refractivity contribution >= 4 is 41.9 Å². The lowest BCUT2D eigenvalue weighted by molar-refractivity contribution is 0.502. The Balaban J connectivity index is 3.28. The highest BCUT2D eigenvalue weighted by atomic mass is 79.9. The monoisotopic (exact) mass is 365 g/mol. The van der Waals surface area contributed by atoms with Crippen LogP contribution < -0.4 is 0 Å². The Labute approximate surface area is 112 Å². The van der Waals surface area contributed by atoms with Crippen molar-refractivity contribution in [1.82, 2.24) is 4.31 Å². The van der Waals surface area contributed by atoms with Crippen LogP contribution in [-0.2, 0) is 10.0 Å². The van der Waals surface area contributed by atoms with Gasteiger partial charge in [-0.2, -0.15) is 4.31 Å². The van der Waals surface area contributed by atoms with Crippen molar-refractivity contribution < 1.29 is 8.42 Å². The van der Waals surface area contributed by atoms with E-state index in [1.807, 2.05) is 0 Å². The summed E-state index contributed by atoms with van der Waals surface area (Å²) in [6, 6.07) is 4.96. The second-order valence-corrected chi connectivity index (χ2v) is 6.82. The summed E-state index contributed by atoms with van der Waals surface area (Å²) in [5.41, 5.74) is 0. The van der Waals surface area contributed by atoms with E-state index in [1.165, 1.54) is 13.1 Å². The summed E-state index contributed by atoms with van der Waals surface area (Å²) in [4.78, 5) is 0.194. The van der Waals surface area contributed by atoms with Gasteiger partial charge < -0.3 is 0 Å². The van der Waals surface area contributed by atoms with E-state index in [0.717, 1.165) is 4.31 Å². The van der Waals surface area contributed by atoms with E-state index in [1.54, 1.807) is 12.1 Å². The second kappa shape index (κ2) is 5.32. The van der Waals surface area contributed by atoms with Gasteiger partial charge in [-0.1, -0.05) is 21.9 Å². The zero-order valence-corrected chi connectivity index (χ0v) is 12.4. The van der Waals surface area contributed by atoms with Gasteiger partial charge in [0.15, 0.2) is 0 Å². The van der Waals surface area contributed by atoms with Gasteiger partial charge in [0.25, 0.3) is 0 Å². The zero-order chi connectivity index (χ0) is 12.3. The summed E-state index contributed by atoms with van der Waals surface area (Å²) >= 11 is 6.44. The van der Waals surface area contributed by atoms with Gasteiger partial charge in [-0.25, -0.2) is 8.42 Å². The minimum absolute atomic E-state index is 0.0429. The van der Waals surface area contributed by atoms with Crippen LogP contribution in [0.3, 0.4) is 0 Å². The van der Waals surface area contributed by atoms with E-state index in [0.29, 0.717) is 8.95 Å². The zero-order valence-electron chi connectivity index (χ0n) is 8.44. The largest absolute Gasteiger partial charge is 0.244 e. The van der Waals surface area contributed by atoms with E-state index in [-0.39, 0.29) is 11.4 Å². The number of hydrogen-bond acceptors (Lipinski definition) is 2. The summed E-state index contributed by atoms with van der Waals surface area (Å²) < 4.78 is 26.5. The normalized spacial score (nSPS) is 11.4. The molecule has 0 aliphatic heterocycles. The molecule has 0 saturated carbocycles. The average molecular weight is 367 g/mol. The standard InChI is InChI=1S/C10H9Br2NO2S/c1-3-6-13(2)16(14,15)10-7-8(11)4-5-9(10)12/h1,4-5,7H,6H2,2H3. The van der Waals surface area contributed by atoms with Crippen molar-refractivity contribution in [2.75, 3.05) is 13.6 Å². The molecule has 0 radical (unpaired) electrons. The molecule has 0 aliphatic rings. The Morgan fingerprint density at radius 2 is 2.06 bits per heavy atom. The Morgan fingerprint density at radius 3 is 2.62 bits per heavy atom. The van der Waals surface area contributed by atoms with Crippen molar-refractivity contribution in [2.45, 2.75) is 4.90 Å². The third-order valence-corrected chi connectivity index (χ3v) is 5.19. The van der Waals surface area contributed by atoms with Crippen LogP contribution >= 0.6 is 31.9 Å². The lowest BCUT2D eigenvalue weighted by Crippen LogP contribution is -2.27. The van der Waals surface area contributed by atoms with Gasteiger partial charge >= 0.3 is 0 Å². The molecule has 0 atom stereocenters. The van der Waals surface area contributed by atoms with Gasteiger partial charge in [-0.05, 0) is 34.1 Å². The van der Waals surface area contributed by atoms with E-state index in [9.17, 15) is 8.42 Å². The first-order chi connectivity index (χ1) is 7.39. The molecule has 0 aromatic heterocycles. The molecule has 0 heterocycles. The molecule has 1 aromatic carbocycles. The van der Waals surface area contributed by atoms with Crippen molar-refractivity contribution in [3.63, 3.8) is 0 Å². The minimum Gasteiger partial charge on any atom is -0.207 e. The number of hydrogen-bond donors (Lipinski definition) is 0. The number of rotatable bonds is 3. The number of nitrogens with zero attached hydrogens (tertiary/aromatic N) is 1. The van der Waals surface area contributed by atoms with Crippen LogP contribution in [0.5, 0.6) is 0 Å². The van der Waals surface area contributed by atoms with E-state index in [4.69, 9.17) is 6.42 Å². The summed E-state index contributed by atoms with van der Waals surface area (Å²) in [5, 5.41) is 0. The fraction of sp³-hybridized carbons (Fsp3) is 0.200. The van der Waals surface area contributed by atoms with Gasteiger partial charge in [0.1, 0.15) is 0 Å². The first-order valence-corrected chi connectivity index (χ1v) is 7.27. The number of terminal acetylenes is 1. The van der Waals surface area contributed by atoms with Crippen LogP contribution in [0, 0.1) is 12.3 Å². The number of halogens is 2. The fourth-order valence-electron chi connectivity index (χ4n) is 1.06. The molecule has 1 aromatic rings. The van der Waals surface area contributed by atoms with Crippen molar-refractivity contribution in [1.29, 1.82) is 0 Å². The van der Waals surface area contributed by atoms with Crippen LogP contribution in [0.4, 0.5) is 0 Å². The molecule has 16 heavy (non-hydrogen) atoms. The second-order valence-electron chi connectivity index (χ2n) is 3.04. The third kappa shape index (κ3) is 2.86. The van der Waals surface area contributed by atoms with Crippen LogP contribution in [0.1, 0.15) is 0 Å². The molecule has 86 valence electrons. The molecule has 3 nitrogen and oxygen atoms in total. The van der Waals surface area contributed by atoms with E-state index < -0.39 is 10.0 Å². The van der Waals surface area contributed by atoms with Gasteiger partial charge in [0, 0.05) is 16.0 Å². The Bertz CT molecular complexity index is 534. The SMILES string of the molecule is C#CCN(C)S(=O)(=O)c1cc(Br)ccc1Br. The maximum absolute atomic E-state index is 12.1. The van der Waals surface area contributed by atoms with Gasteiger partial charge in [-0.3, -0.25) is 0 Å². The Morgan fingerprint density at radius 1 is 1.44 bits per heavy atom. The molecule has 0 saturated heterocycles. The molecule has 1 rings (SSSR count). The molecular weight excluding hydrogens is 358 g/mol. The molecule has 0 unspecified atom stereocenters. The number of benzene rings is 1. The van der Waals surface area contributed by atoms with Crippen molar-refractivity contribution in [3.05, 3.63) is 27.1 Å². The van der Waals surface area contributed by atoms with Gasteiger partial charge in [0.2, 0.25) is 10.0 Å². The molecule has 0 N–H and O–H groups in total. The highest BCUT2D eigenvalue weighted by Gasteiger charge is 2.22. The topological polar surface area (TPSA) is 37.4 Å². The minimum atomic E-state index is -3.54. The smallest absolute Gasteiger partial charge is 0.207 e. The molecule has 0 amide bonds. The summed E-state index contributed by atoms with van der Waals surface area (Å²) in [5.74, 6) is 2.30. The Hall–Kier alpha value is -0.350. The van der Waals surface area contributed by atoms with Crippen LogP contribution in [0.25, 0.3) is 0 Å². The first-order valence-electron chi connectivity index (χ1n) is 4.24. The highest BCUT2D eigenvalue weighted by Crippen LogP contribution is 2.27. The molecule has 0 fully saturated rings. The molecular formula is C10H9Br2NO2S. The van der Waals surface area contributed by atoms with Gasteiger partial charge in [-0.15, -0.1) is 6.42 Å². The lowest BCUT2D eigenvalue weighted by Gasteiger charge is -2.15. The molecule has 0 bridgehead atoms. The van der Waals surface area contributed by atoms with Crippen LogP contribution in [-0.4, -0.2) is 26.3 Å². The van der Waals surface area contributed by atoms with E-state index in [2.05, 4.69) is 37.8 Å². The van der Waals surface area contributed by atoms with Crippen LogP contribution in [0.2, 0.25) is 0 Å². The van der Waals surface area contributed by atoms with Crippen molar-refractivity contribution in [3.8, 4) is 12.3 Å².